The normalized spacial score (nSPS) is 25.5. The Kier molecular flexibility index (Phi) is 3.06. The third-order valence-electron chi connectivity index (χ3n) is 4.26. The molecule has 1 aromatic rings. The van der Waals surface area contributed by atoms with Crippen LogP contribution in [0.4, 0.5) is 0 Å². The van der Waals surface area contributed by atoms with Gasteiger partial charge in [-0.25, -0.2) is 0 Å². The lowest BCUT2D eigenvalue weighted by Gasteiger charge is -2.26. The summed E-state index contributed by atoms with van der Waals surface area (Å²) in [7, 11) is 0. The summed E-state index contributed by atoms with van der Waals surface area (Å²) >= 11 is 0. The van der Waals surface area contributed by atoms with Gasteiger partial charge in [-0.15, -0.1) is 0 Å². The predicted molar refractivity (Wildman–Crippen MR) is 69.3 cm³/mol. The first kappa shape index (κ1) is 11.1. The number of fused-ring (bicyclic) bond motifs is 1. The number of hydrogen-bond donors (Lipinski definition) is 1. The first-order valence-electron chi connectivity index (χ1n) is 6.88. The molecule has 1 N–H and O–H groups in total. The highest BCUT2D eigenvalue weighted by molar-refractivity contribution is 5.39. The summed E-state index contributed by atoms with van der Waals surface area (Å²) < 4.78 is 0. The third-order valence-corrected chi connectivity index (χ3v) is 4.26. The molecule has 1 aliphatic heterocycles. The lowest BCUT2D eigenvalue weighted by Crippen LogP contribution is -2.36. The number of phenolic OH excluding ortho intramolecular Hbond substituents is 1. The molecule has 0 amide bonds. The van der Waals surface area contributed by atoms with E-state index in [1.807, 2.05) is 12.1 Å². The Bertz CT molecular complexity index is 394. The molecule has 1 heterocycles. The van der Waals surface area contributed by atoms with E-state index in [1.165, 1.54) is 56.3 Å². The van der Waals surface area contributed by atoms with Crippen LogP contribution in [-0.4, -0.2) is 29.1 Å². The molecule has 92 valence electrons. The molecule has 0 aromatic heterocycles. The summed E-state index contributed by atoms with van der Waals surface area (Å²) in [5.74, 6) is 0.417. The second kappa shape index (κ2) is 4.69. The summed E-state index contributed by atoms with van der Waals surface area (Å²) in [5, 5.41) is 9.52. The minimum atomic E-state index is 0.417. The monoisotopic (exact) mass is 231 g/mol. The Labute approximate surface area is 103 Å². The molecule has 17 heavy (non-hydrogen) atoms. The molecule has 2 aliphatic rings. The van der Waals surface area contributed by atoms with Gasteiger partial charge in [-0.05, 0) is 62.0 Å². The van der Waals surface area contributed by atoms with Gasteiger partial charge in [-0.3, -0.25) is 4.90 Å². The van der Waals surface area contributed by atoms with Crippen LogP contribution < -0.4 is 0 Å². The zero-order chi connectivity index (χ0) is 11.7. The van der Waals surface area contributed by atoms with Gasteiger partial charge in [0, 0.05) is 6.04 Å². The molecular weight excluding hydrogens is 210 g/mol. The summed E-state index contributed by atoms with van der Waals surface area (Å²) in [6.07, 6.45) is 7.82. The number of likely N-dealkylation sites (tertiary alicyclic amines) is 1. The van der Waals surface area contributed by atoms with Gasteiger partial charge < -0.3 is 5.11 Å². The fourth-order valence-electron chi connectivity index (χ4n) is 3.30. The zero-order valence-electron chi connectivity index (χ0n) is 10.4. The summed E-state index contributed by atoms with van der Waals surface area (Å²) in [4.78, 5) is 2.67. The first-order valence-corrected chi connectivity index (χ1v) is 6.88. The van der Waals surface area contributed by atoms with Gasteiger partial charge in [-0.1, -0.05) is 18.9 Å². The maximum atomic E-state index is 9.52. The van der Waals surface area contributed by atoms with Crippen LogP contribution in [0.5, 0.6) is 5.75 Å². The fourth-order valence-corrected chi connectivity index (χ4v) is 3.30. The molecule has 1 atom stereocenters. The maximum Gasteiger partial charge on any atom is 0.115 e. The van der Waals surface area contributed by atoms with Crippen LogP contribution in [0.15, 0.2) is 18.2 Å². The number of phenols is 1. The van der Waals surface area contributed by atoms with Crippen molar-refractivity contribution in [2.75, 3.05) is 13.1 Å². The number of nitrogens with zero attached hydrogens (tertiary/aromatic N) is 1. The topological polar surface area (TPSA) is 23.5 Å². The van der Waals surface area contributed by atoms with Crippen LogP contribution in [0.2, 0.25) is 0 Å². The van der Waals surface area contributed by atoms with E-state index in [1.54, 1.807) is 0 Å². The number of hydrogen-bond acceptors (Lipinski definition) is 2. The Morgan fingerprint density at radius 1 is 0.941 bits per heavy atom. The Morgan fingerprint density at radius 2 is 1.65 bits per heavy atom. The lowest BCUT2D eigenvalue weighted by molar-refractivity contribution is 0.209. The average Bonchev–Trinajstić information content (AvgIpc) is 2.57. The van der Waals surface area contributed by atoms with Crippen molar-refractivity contribution in [1.29, 1.82) is 0 Å². The summed E-state index contributed by atoms with van der Waals surface area (Å²) in [6, 6.07) is 6.56. The minimum absolute atomic E-state index is 0.417. The standard InChI is InChI=1S/C15H21NO/c17-15-6-5-12-9-14(10-13(12)11-15)16-7-3-1-2-4-8-16/h5-6,11,14,17H,1-4,7-10H2/t14-/m0/s1. The van der Waals surface area contributed by atoms with E-state index < -0.39 is 0 Å². The van der Waals surface area contributed by atoms with E-state index in [0.717, 1.165) is 6.42 Å². The molecule has 1 aromatic carbocycles. The molecule has 2 nitrogen and oxygen atoms in total. The second-order valence-electron chi connectivity index (χ2n) is 5.47. The van der Waals surface area contributed by atoms with Gasteiger partial charge in [0.25, 0.3) is 0 Å². The van der Waals surface area contributed by atoms with Crippen molar-refractivity contribution in [1.82, 2.24) is 4.90 Å². The van der Waals surface area contributed by atoms with Crippen molar-refractivity contribution in [2.24, 2.45) is 0 Å². The lowest BCUT2D eigenvalue weighted by atomic mass is 10.1. The van der Waals surface area contributed by atoms with Crippen molar-refractivity contribution in [3.8, 4) is 5.75 Å². The van der Waals surface area contributed by atoms with E-state index in [4.69, 9.17) is 0 Å². The van der Waals surface area contributed by atoms with Crippen LogP contribution in [0, 0.1) is 0 Å². The zero-order valence-corrected chi connectivity index (χ0v) is 10.4. The molecular formula is C15H21NO. The van der Waals surface area contributed by atoms with E-state index in [2.05, 4.69) is 11.0 Å². The molecule has 1 fully saturated rings. The highest BCUT2D eigenvalue weighted by Crippen LogP contribution is 2.29. The van der Waals surface area contributed by atoms with Crippen molar-refractivity contribution < 1.29 is 5.11 Å². The van der Waals surface area contributed by atoms with Gasteiger partial charge in [0.1, 0.15) is 5.75 Å². The van der Waals surface area contributed by atoms with Crippen LogP contribution >= 0.6 is 0 Å². The van der Waals surface area contributed by atoms with Crippen LogP contribution in [-0.2, 0) is 12.8 Å². The second-order valence-corrected chi connectivity index (χ2v) is 5.47. The van der Waals surface area contributed by atoms with E-state index in [9.17, 15) is 5.11 Å². The smallest absolute Gasteiger partial charge is 0.115 e. The SMILES string of the molecule is Oc1ccc2c(c1)C[C@@H](N1CCCCCC1)C2. The molecule has 3 rings (SSSR count). The fraction of sp³-hybridized carbons (Fsp3) is 0.600. The minimum Gasteiger partial charge on any atom is -0.508 e. The Hall–Kier alpha value is -1.02. The molecule has 1 saturated heterocycles. The molecule has 0 bridgehead atoms. The number of aromatic hydroxyl groups is 1. The van der Waals surface area contributed by atoms with Gasteiger partial charge in [-0.2, -0.15) is 0 Å². The molecule has 2 heteroatoms. The number of benzene rings is 1. The molecule has 0 spiro atoms. The largest absolute Gasteiger partial charge is 0.508 e. The highest BCUT2D eigenvalue weighted by atomic mass is 16.3. The van der Waals surface area contributed by atoms with Crippen molar-refractivity contribution >= 4 is 0 Å². The Morgan fingerprint density at radius 3 is 2.41 bits per heavy atom. The summed E-state index contributed by atoms with van der Waals surface area (Å²) in [6.45, 7) is 2.54. The van der Waals surface area contributed by atoms with E-state index >= 15 is 0 Å². The van der Waals surface area contributed by atoms with Crippen molar-refractivity contribution in [3.05, 3.63) is 29.3 Å². The van der Waals surface area contributed by atoms with Crippen LogP contribution in [0.3, 0.4) is 0 Å². The maximum absolute atomic E-state index is 9.52. The molecule has 0 saturated carbocycles. The highest BCUT2D eigenvalue weighted by Gasteiger charge is 2.27. The average molecular weight is 231 g/mol. The summed E-state index contributed by atoms with van der Waals surface area (Å²) in [5.41, 5.74) is 2.80. The van der Waals surface area contributed by atoms with Crippen molar-refractivity contribution in [2.45, 2.75) is 44.6 Å². The third kappa shape index (κ3) is 2.32. The van der Waals surface area contributed by atoms with Gasteiger partial charge in [0.15, 0.2) is 0 Å². The van der Waals surface area contributed by atoms with Gasteiger partial charge in [0.2, 0.25) is 0 Å². The van der Waals surface area contributed by atoms with Gasteiger partial charge in [0.05, 0.1) is 0 Å². The van der Waals surface area contributed by atoms with Crippen molar-refractivity contribution in [3.63, 3.8) is 0 Å². The van der Waals surface area contributed by atoms with Gasteiger partial charge >= 0.3 is 0 Å². The van der Waals surface area contributed by atoms with Crippen LogP contribution in [0.25, 0.3) is 0 Å². The van der Waals surface area contributed by atoms with E-state index in [0.29, 0.717) is 11.8 Å². The molecule has 0 radical (unpaired) electrons. The van der Waals surface area contributed by atoms with Crippen LogP contribution in [0.1, 0.15) is 36.8 Å². The molecule has 1 aliphatic carbocycles. The Balaban J connectivity index is 1.72. The quantitative estimate of drug-likeness (QED) is 0.803. The van der Waals surface area contributed by atoms with E-state index in [-0.39, 0.29) is 0 Å². The molecule has 0 unspecified atom stereocenters. The predicted octanol–water partition coefficient (Wildman–Crippen LogP) is 2.74. The first-order chi connectivity index (χ1) is 8.33. The number of rotatable bonds is 1.